The molecule has 1 saturated carbocycles. The average molecular weight is 742 g/mol. The molecule has 0 amide bonds. The van der Waals surface area contributed by atoms with E-state index < -0.39 is 0 Å². The molecule has 290 valence electrons. The van der Waals surface area contributed by atoms with Gasteiger partial charge in [-0.15, -0.1) is 0 Å². The molecule has 2 nitrogen and oxygen atoms in total. The Morgan fingerprint density at radius 3 is 2.00 bits per heavy atom. The summed E-state index contributed by atoms with van der Waals surface area (Å²) in [7, 11) is 0. The van der Waals surface area contributed by atoms with Gasteiger partial charge in [0.2, 0.25) is 0 Å². The van der Waals surface area contributed by atoms with E-state index in [0.717, 1.165) is 12.0 Å². The van der Waals surface area contributed by atoms with Crippen molar-refractivity contribution in [1.29, 1.82) is 0 Å². The van der Waals surface area contributed by atoms with Crippen LogP contribution >= 0.6 is 0 Å². The van der Waals surface area contributed by atoms with Crippen molar-refractivity contribution in [3.8, 4) is 0 Å². The molecule has 3 unspecified atom stereocenters. The lowest BCUT2D eigenvalue weighted by atomic mass is 9.31. The molecule has 5 aromatic rings. The SMILES string of the molecule is Cc1cc2c3c(c1)N1c4c(cc(C(C)(C)C)cc4C4(C)CCCCC14C)B3c1c(oc3cc4c(cc13)C(C)(C)CCC4(C)C)C2Cc1ccc(C(C)(C)C)cc1. The van der Waals surface area contributed by atoms with E-state index in [1.54, 1.807) is 11.0 Å². The molecule has 0 bridgehead atoms. The Morgan fingerprint density at radius 2 is 1.34 bits per heavy atom. The summed E-state index contributed by atoms with van der Waals surface area (Å²) in [6, 6.07) is 25.0. The van der Waals surface area contributed by atoms with Gasteiger partial charge in [-0.3, -0.25) is 0 Å². The lowest BCUT2D eigenvalue weighted by Crippen LogP contribution is -2.65. The first kappa shape index (κ1) is 36.6. The predicted molar refractivity (Wildman–Crippen MR) is 240 cm³/mol. The van der Waals surface area contributed by atoms with Crippen molar-refractivity contribution < 1.29 is 4.42 Å². The Bertz CT molecular complexity index is 2480. The second kappa shape index (κ2) is 11.3. The number of hydrogen-bond acceptors (Lipinski definition) is 2. The minimum Gasteiger partial charge on any atom is -0.461 e. The van der Waals surface area contributed by atoms with E-state index in [1.807, 2.05) is 0 Å². The third-order valence-electron chi connectivity index (χ3n) is 16.2. The molecule has 10 rings (SSSR count). The largest absolute Gasteiger partial charge is 0.461 e. The smallest absolute Gasteiger partial charge is 0.252 e. The van der Waals surface area contributed by atoms with Crippen LogP contribution in [-0.4, -0.2) is 12.3 Å². The Kier molecular flexibility index (Phi) is 7.37. The fourth-order valence-corrected chi connectivity index (χ4v) is 12.4. The van der Waals surface area contributed by atoms with Gasteiger partial charge in [-0.1, -0.05) is 131 Å². The van der Waals surface area contributed by atoms with Crippen molar-refractivity contribution in [3.05, 3.63) is 111 Å². The van der Waals surface area contributed by atoms with Gasteiger partial charge >= 0.3 is 0 Å². The summed E-state index contributed by atoms with van der Waals surface area (Å²) in [6.07, 6.45) is 8.37. The minimum atomic E-state index is 0.0110. The third-order valence-corrected chi connectivity index (χ3v) is 16.2. The third kappa shape index (κ3) is 4.81. The van der Waals surface area contributed by atoms with E-state index in [-0.39, 0.29) is 45.2 Å². The van der Waals surface area contributed by atoms with Crippen LogP contribution in [0.1, 0.15) is 178 Å². The number of aryl methyl sites for hydroxylation is 1. The fraction of sp³-hybridized carbons (Fsp3) is 0.509. The minimum absolute atomic E-state index is 0.0110. The van der Waals surface area contributed by atoms with E-state index >= 15 is 0 Å². The molecule has 0 saturated heterocycles. The van der Waals surface area contributed by atoms with Crippen molar-refractivity contribution in [3.63, 3.8) is 0 Å². The molecule has 0 spiro atoms. The summed E-state index contributed by atoms with van der Waals surface area (Å²) in [5.41, 5.74) is 20.7. The maximum Gasteiger partial charge on any atom is 0.252 e. The lowest BCUT2D eigenvalue weighted by molar-refractivity contribution is 0.195. The zero-order chi connectivity index (χ0) is 39.7. The molecular formula is C53H64BNO. The molecule has 0 N–H and O–H groups in total. The topological polar surface area (TPSA) is 16.4 Å². The number of hydrogen-bond donors (Lipinski definition) is 0. The van der Waals surface area contributed by atoms with Crippen molar-refractivity contribution in [2.24, 2.45) is 0 Å². The zero-order valence-electron chi connectivity index (χ0n) is 36.7. The maximum atomic E-state index is 7.48. The van der Waals surface area contributed by atoms with E-state index in [2.05, 4.69) is 156 Å². The van der Waals surface area contributed by atoms with Crippen molar-refractivity contribution >= 4 is 45.4 Å². The molecule has 3 heteroatoms. The standard InChI is InChI=1S/C53H64BNO/c1-31-24-35-36(26-32-16-18-33(19-17-32)48(2,3)4)47-45(37-29-38-39(30-43(37)56-47)51(10,11)23-22-50(38,8)9)54-41-28-34(49(5,6)7)27-40-46(41)55(42(25-31)44(35)54)53(13)21-15-14-20-52(40,53)12/h16-19,24-25,27-30,36H,14-15,20-23,26H2,1-13H3. The van der Waals surface area contributed by atoms with Gasteiger partial charge in [0, 0.05) is 28.1 Å². The van der Waals surface area contributed by atoms with Crippen molar-refractivity contribution in [2.75, 3.05) is 4.90 Å². The number of fused-ring (bicyclic) bond motifs is 10. The first-order chi connectivity index (χ1) is 26.1. The zero-order valence-corrected chi connectivity index (χ0v) is 36.7. The second-order valence-corrected chi connectivity index (χ2v) is 22.8. The quantitative estimate of drug-likeness (QED) is 0.168. The highest BCUT2D eigenvalue weighted by Crippen LogP contribution is 2.62. The number of anilines is 2. The van der Waals surface area contributed by atoms with Gasteiger partial charge in [0.15, 0.2) is 0 Å². The van der Waals surface area contributed by atoms with Gasteiger partial charge in [0.1, 0.15) is 11.3 Å². The van der Waals surface area contributed by atoms with E-state index in [0.29, 0.717) is 0 Å². The Morgan fingerprint density at radius 1 is 0.696 bits per heavy atom. The predicted octanol–water partition coefficient (Wildman–Crippen LogP) is 11.9. The number of benzene rings is 4. The van der Waals surface area contributed by atoms with Gasteiger partial charge in [-0.05, 0) is 147 Å². The first-order valence-electron chi connectivity index (χ1n) is 22.0. The van der Waals surface area contributed by atoms with Crippen LogP contribution in [-0.2, 0) is 33.5 Å². The molecule has 3 atom stereocenters. The summed E-state index contributed by atoms with van der Waals surface area (Å²) >= 11 is 0. The van der Waals surface area contributed by atoms with Gasteiger partial charge in [-0.25, -0.2) is 0 Å². The molecule has 56 heavy (non-hydrogen) atoms. The Hall–Kier alpha value is -3.72. The summed E-state index contributed by atoms with van der Waals surface area (Å²) in [4.78, 5) is 2.90. The highest BCUT2D eigenvalue weighted by Gasteiger charge is 2.62. The van der Waals surface area contributed by atoms with Crippen molar-refractivity contribution in [1.82, 2.24) is 0 Å². The molecule has 4 heterocycles. The van der Waals surface area contributed by atoms with Gasteiger partial charge in [0.05, 0.1) is 5.54 Å². The highest BCUT2D eigenvalue weighted by molar-refractivity contribution is 7.00. The van der Waals surface area contributed by atoms with E-state index in [9.17, 15) is 0 Å². The van der Waals surface area contributed by atoms with Crippen LogP contribution in [0.4, 0.5) is 11.4 Å². The molecule has 3 aliphatic heterocycles. The molecule has 0 radical (unpaired) electrons. The number of rotatable bonds is 2. The highest BCUT2D eigenvalue weighted by atomic mass is 16.3. The van der Waals surface area contributed by atoms with Crippen LogP contribution in [0.2, 0.25) is 0 Å². The Labute approximate surface area is 337 Å². The monoisotopic (exact) mass is 742 g/mol. The molecule has 1 fully saturated rings. The van der Waals surface area contributed by atoms with E-state index in [1.165, 1.54) is 111 Å². The van der Waals surface area contributed by atoms with Gasteiger partial charge in [-0.2, -0.15) is 0 Å². The first-order valence-corrected chi connectivity index (χ1v) is 22.0. The average Bonchev–Trinajstić information content (AvgIpc) is 3.59. The summed E-state index contributed by atoms with van der Waals surface area (Å²) in [5.74, 6) is 1.32. The van der Waals surface area contributed by atoms with Crippen LogP contribution < -0.4 is 21.3 Å². The second-order valence-electron chi connectivity index (χ2n) is 22.8. The number of nitrogens with zero attached hydrogens (tertiary/aromatic N) is 1. The molecule has 4 aromatic carbocycles. The fourth-order valence-electron chi connectivity index (χ4n) is 12.4. The summed E-state index contributed by atoms with van der Waals surface area (Å²) in [5, 5.41) is 1.34. The molecule has 1 aromatic heterocycles. The number of furan rings is 1. The van der Waals surface area contributed by atoms with Crippen LogP contribution in [0.3, 0.4) is 0 Å². The molecular weight excluding hydrogens is 677 g/mol. The van der Waals surface area contributed by atoms with Crippen LogP contribution in [0, 0.1) is 6.92 Å². The maximum absolute atomic E-state index is 7.48. The van der Waals surface area contributed by atoms with Crippen LogP contribution in [0.5, 0.6) is 0 Å². The van der Waals surface area contributed by atoms with E-state index in [4.69, 9.17) is 4.42 Å². The normalized spacial score (nSPS) is 25.4. The lowest BCUT2D eigenvalue weighted by Gasteiger charge is -2.52. The summed E-state index contributed by atoms with van der Waals surface area (Å²) < 4.78 is 7.48. The van der Waals surface area contributed by atoms with Crippen LogP contribution in [0.15, 0.2) is 65.1 Å². The Balaban J connectivity index is 1.31. The molecule has 2 aliphatic carbocycles. The summed E-state index contributed by atoms with van der Waals surface area (Å²) in [6.45, 7) is 31.7. The van der Waals surface area contributed by atoms with Crippen LogP contribution in [0.25, 0.3) is 11.0 Å². The van der Waals surface area contributed by atoms with Gasteiger partial charge in [0.25, 0.3) is 6.71 Å². The van der Waals surface area contributed by atoms with Crippen molar-refractivity contribution in [2.45, 2.75) is 173 Å². The van der Waals surface area contributed by atoms with Gasteiger partial charge < -0.3 is 9.32 Å². The molecule has 5 aliphatic rings.